The maximum absolute atomic E-state index is 12.7. The van der Waals surface area contributed by atoms with Crippen LogP contribution in [-0.4, -0.2) is 93.9 Å². The SMILES string of the molecule is CCCc1ccc(OCC(=O)N2CCN(C(=O)COc3ccc(CCC)cc3OC)CC2)c(OC)c1.Cn1c(=O)c2c(ncn2C)n(C)c1=O. The van der Waals surface area contributed by atoms with Crippen molar-refractivity contribution < 1.29 is 28.5 Å². The molecule has 4 aromatic rings. The lowest BCUT2D eigenvalue weighted by atomic mass is 10.1. The van der Waals surface area contributed by atoms with E-state index >= 15 is 0 Å². The highest BCUT2D eigenvalue weighted by atomic mass is 16.5. The van der Waals surface area contributed by atoms with E-state index < -0.39 is 0 Å². The molecule has 3 heterocycles. The molecule has 0 radical (unpaired) electrons. The van der Waals surface area contributed by atoms with Gasteiger partial charge in [-0.2, -0.15) is 0 Å². The molecule has 0 N–H and O–H groups in total. The fourth-order valence-corrected chi connectivity index (χ4v) is 5.69. The summed E-state index contributed by atoms with van der Waals surface area (Å²) in [7, 11) is 7.96. The van der Waals surface area contributed by atoms with Gasteiger partial charge >= 0.3 is 5.69 Å². The van der Waals surface area contributed by atoms with Gasteiger partial charge in [0, 0.05) is 47.3 Å². The number of imidazole rings is 1. The van der Waals surface area contributed by atoms with E-state index in [0.717, 1.165) is 30.3 Å². The fourth-order valence-electron chi connectivity index (χ4n) is 5.69. The van der Waals surface area contributed by atoms with Crippen LogP contribution in [0.25, 0.3) is 11.2 Å². The van der Waals surface area contributed by atoms with Gasteiger partial charge in [-0.3, -0.25) is 23.5 Å². The van der Waals surface area contributed by atoms with Crippen LogP contribution in [0.5, 0.6) is 23.0 Å². The van der Waals surface area contributed by atoms with Crippen LogP contribution in [0.2, 0.25) is 0 Å². The van der Waals surface area contributed by atoms with E-state index in [-0.39, 0.29) is 36.3 Å². The number of aryl methyl sites for hydroxylation is 4. The van der Waals surface area contributed by atoms with Gasteiger partial charge in [0.15, 0.2) is 47.4 Å². The van der Waals surface area contributed by atoms with Crippen molar-refractivity contribution >= 4 is 23.0 Å². The van der Waals surface area contributed by atoms with Crippen LogP contribution < -0.4 is 30.2 Å². The molecule has 1 saturated heterocycles. The summed E-state index contributed by atoms with van der Waals surface area (Å²) in [6.45, 7) is 5.91. The van der Waals surface area contributed by atoms with Crippen LogP contribution >= 0.6 is 0 Å². The molecule has 1 aliphatic heterocycles. The molecule has 0 spiro atoms. The molecule has 14 nitrogen and oxygen atoms in total. The van der Waals surface area contributed by atoms with Crippen molar-refractivity contribution in [3.8, 4) is 23.0 Å². The molecule has 1 fully saturated rings. The molecule has 1 aliphatic rings. The van der Waals surface area contributed by atoms with E-state index in [4.69, 9.17) is 18.9 Å². The molecule has 2 aromatic carbocycles. The molecule has 0 unspecified atom stereocenters. The largest absolute Gasteiger partial charge is 0.493 e. The maximum atomic E-state index is 12.7. The van der Waals surface area contributed by atoms with Gasteiger partial charge in [-0.1, -0.05) is 38.8 Å². The highest BCUT2D eigenvalue weighted by Crippen LogP contribution is 2.29. The second-order valence-electron chi connectivity index (χ2n) is 12.0. The summed E-state index contributed by atoms with van der Waals surface area (Å²) >= 11 is 0. The van der Waals surface area contributed by atoms with Crippen molar-refractivity contribution in [3.05, 3.63) is 74.7 Å². The first kappa shape index (κ1) is 37.5. The molecule has 50 heavy (non-hydrogen) atoms. The van der Waals surface area contributed by atoms with Gasteiger partial charge in [0.05, 0.1) is 20.5 Å². The summed E-state index contributed by atoms with van der Waals surface area (Å²) in [5.74, 6) is 2.12. The lowest BCUT2D eigenvalue weighted by Gasteiger charge is -2.34. The van der Waals surface area contributed by atoms with Gasteiger partial charge in [0.2, 0.25) is 0 Å². The van der Waals surface area contributed by atoms with E-state index in [2.05, 4.69) is 18.8 Å². The topological polar surface area (TPSA) is 139 Å². The monoisotopic (exact) mass is 692 g/mol. The molecule has 0 aliphatic carbocycles. The number of piperazine rings is 1. The Bertz CT molecular complexity index is 1820. The number of ether oxygens (including phenoxy) is 4. The summed E-state index contributed by atoms with van der Waals surface area (Å²) in [4.78, 5) is 56.0. The van der Waals surface area contributed by atoms with Gasteiger partial charge in [0.25, 0.3) is 17.4 Å². The van der Waals surface area contributed by atoms with Crippen molar-refractivity contribution in [1.29, 1.82) is 0 Å². The van der Waals surface area contributed by atoms with Crippen molar-refractivity contribution in [2.24, 2.45) is 21.1 Å². The summed E-state index contributed by atoms with van der Waals surface area (Å²) in [5.41, 5.74) is 2.52. The molecule has 2 amide bonds. The van der Waals surface area contributed by atoms with Gasteiger partial charge in [0.1, 0.15) is 0 Å². The fraction of sp³-hybridized carbons (Fsp3) is 0.472. The number of carbonyl (C=O) groups excluding carboxylic acids is 2. The number of benzene rings is 2. The Morgan fingerprint density at radius 1 is 0.700 bits per heavy atom. The molecule has 2 aromatic heterocycles. The third-order valence-electron chi connectivity index (χ3n) is 8.54. The first-order valence-corrected chi connectivity index (χ1v) is 16.7. The Kier molecular flexibility index (Phi) is 13.1. The maximum Gasteiger partial charge on any atom is 0.332 e. The Morgan fingerprint density at radius 3 is 1.58 bits per heavy atom. The number of hydrogen-bond acceptors (Lipinski definition) is 9. The number of methoxy groups -OCH3 is 2. The standard InChI is InChI=1S/C28H38N2O6.C8H10N4O2/c1-5-7-21-9-11-23(25(17-21)33-3)35-19-27(31)29-13-15-30(16-14-29)28(32)20-36-24-12-10-22(8-6-2)18-26(24)34-4;1-10-4-9-6-5(10)7(13)12(3)8(14)11(6)2/h9-12,17-18H,5-8,13-16,19-20H2,1-4H3;4H,1-3H3. The molecule has 270 valence electrons. The summed E-state index contributed by atoms with van der Waals surface area (Å²) in [6.07, 6.45) is 5.53. The lowest BCUT2D eigenvalue weighted by Crippen LogP contribution is -2.52. The molecule has 0 atom stereocenters. The Hall–Kier alpha value is -5.27. The van der Waals surface area contributed by atoms with Gasteiger partial charge in [-0.15, -0.1) is 0 Å². The van der Waals surface area contributed by atoms with E-state index in [9.17, 15) is 19.2 Å². The minimum absolute atomic E-state index is 0.0750. The third-order valence-corrected chi connectivity index (χ3v) is 8.54. The first-order chi connectivity index (χ1) is 24.0. The quantitative estimate of drug-likeness (QED) is 0.219. The number of amides is 2. The summed E-state index contributed by atoms with van der Waals surface area (Å²) < 4.78 is 26.4. The van der Waals surface area contributed by atoms with Crippen molar-refractivity contribution in [1.82, 2.24) is 28.5 Å². The van der Waals surface area contributed by atoms with E-state index in [1.165, 1.54) is 29.1 Å². The zero-order valence-electron chi connectivity index (χ0n) is 30.1. The number of fused-ring (bicyclic) bond motifs is 1. The van der Waals surface area contributed by atoms with Crippen LogP contribution in [0.3, 0.4) is 0 Å². The van der Waals surface area contributed by atoms with E-state index in [0.29, 0.717) is 60.3 Å². The minimum Gasteiger partial charge on any atom is -0.493 e. The van der Waals surface area contributed by atoms with Crippen molar-refractivity contribution in [2.45, 2.75) is 39.5 Å². The van der Waals surface area contributed by atoms with Crippen LogP contribution in [0.4, 0.5) is 0 Å². The number of hydrogen-bond donors (Lipinski definition) is 0. The molecular formula is C36H48N6O8. The van der Waals surface area contributed by atoms with Crippen LogP contribution in [0.15, 0.2) is 52.3 Å². The van der Waals surface area contributed by atoms with Crippen molar-refractivity contribution in [3.63, 3.8) is 0 Å². The average Bonchev–Trinajstić information content (AvgIpc) is 3.53. The number of nitrogens with zero attached hydrogens (tertiary/aromatic N) is 6. The number of rotatable bonds is 12. The molecular weight excluding hydrogens is 644 g/mol. The summed E-state index contributed by atoms with van der Waals surface area (Å²) in [6, 6.07) is 11.6. The minimum atomic E-state index is -0.360. The lowest BCUT2D eigenvalue weighted by molar-refractivity contribution is -0.141. The number of aromatic nitrogens is 4. The Balaban J connectivity index is 0.000000332. The number of carbonyl (C=O) groups is 2. The van der Waals surface area contributed by atoms with Gasteiger partial charge in [-0.05, 0) is 48.2 Å². The van der Waals surface area contributed by atoms with Crippen LogP contribution in [0, 0.1) is 0 Å². The average molecular weight is 693 g/mol. The summed E-state index contributed by atoms with van der Waals surface area (Å²) in [5, 5.41) is 0. The predicted molar refractivity (Wildman–Crippen MR) is 189 cm³/mol. The Morgan fingerprint density at radius 2 is 1.16 bits per heavy atom. The first-order valence-electron chi connectivity index (χ1n) is 16.7. The predicted octanol–water partition coefficient (Wildman–Crippen LogP) is 2.71. The second-order valence-corrected chi connectivity index (χ2v) is 12.0. The van der Waals surface area contributed by atoms with Gasteiger partial charge < -0.3 is 33.3 Å². The Labute approximate surface area is 291 Å². The molecule has 0 bridgehead atoms. The van der Waals surface area contributed by atoms with Crippen LogP contribution in [-0.2, 0) is 43.6 Å². The van der Waals surface area contributed by atoms with E-state index in [1.807, 2.05) is 36.4 Å². The molecule has 0 saturated carbocycles. The zero-order valence-corrected chi connectivity index (χ0v) is 30.1. The molecule has 14 heteroatoms. The van der Waals surface area contributed by atoms with Crippen molar-refractivity contribution in [2.75, 3.05) is 53.6 Å². The van der Waals surface area contributed by atoms with Gasteiger partial charge in [-0.25, -0.2) is 9.78 Å². The second kappa shape index (κ2) is 17.4. The van der Waals surface area contributed by atoms with E-state index in [1.54, 1.807) is 42.7 Å². The molecule has 5 rings (SSSR count). The highest BCUT2D eigenvalue weighted by Gasteiger charge is 2.25. The zero-order chi connectivity index (χ0) is 36.4. The normalized spacial score (nSPS) is 12.7. The third kappa shape index (κ3) is 8.84. The smallest absolute Gasteiger partial charge is 0.332 e. The van der Waals surface area contributed by atoms with Crippen LogP contribution in [0.1, 0.15) is 37.8 Å². The highest BCUT2D eigenvalue weighted by molar-refractivity contribution is 5.80.